The van der Waals surface area contributed by atoms with Crippen LogP contribution in [0.4, 0.5) is 5.69 Å². The van der Waals surface area contributed by atoms with Crippen LogP contribution in [0, 0.1) is 0 Å². The molecular weight excluding hydrogens is 288 g/mol. The molecule has 0 fully saturated rings. The Morgan fingerprint density at radius 2 is 1.86 bits per heavy atom. The van der Waals surface area contributed by atoms with Gasteiger partial charge < -0.3 is 15.6 Å². The number of thiazole rings is 1. The van der Waals surface area contributed by atoms with Gasteiger partial charge in [0.15, 0.2) is 0 Å². The molecule has 3 rings (SSSR count). The number of benzene rings is 2. The van der Waals surface area contributed by atoms with Gasteiger partial charge in [-0.1, -0.05) is 12.1 Å². The van der Waals surface area contributed by atoms with E-state index in [1.54, 1.807) is 25.3 Å². The molecule has 21 heavy (non-hydrogen) atoms. The summed E-state index contributed by atoms with van der Waals surface area (Å²) in [5, 5.41) is 8.78. The summed E-state index contributed by atoms with van der Waals surface area (Å²) in [6.45, 7) is 0. The van der Waals surface area contributed by atoms with Gasteiger partial charge in [0.25, 0.3) is 0 Å². The average Bonchev–Trinajstić information content (AvgIpc) is 2.93. The second-order valence-corrected chi connectivity index (χ2v) is 5.10. The van der Waals surface area contributed by atoms with Gasteiger partial charge in [0.05, 0.1) is 17.3 Å². The largest absolute Gasteiger partial charge is 0.497 e. The smallest absolute Gasteiger partial charge is 0.365 e. The normalized spacial score (nSPS) is 9.76. The maximum Gasteiger partial charge on any atom is 0.365 e. The van der Waals surface area contributed by atoms with Crippen LogP contribution in [0.1, 0.15) is 9.80 Å². The Labute approximate surface area is 125 Å². The maximum absolute atomic E-state index is 10.5. The van der Waals surface area contributed by atoms with Gasteiger partial charge >= 0.3 is 5.97 Å². The number of nitrogens with zero attached hydrogens (tertiary/aromatic N) is 1. The minimum atomic E-state index is -0.962. The molecule has 0 spiro atoms. The van der Waals surface area contributed by atoms with Crippen molar-refractivity contribution in [1.29, 1.82) is 0 Å². The summed E-state index contributed by atoms with van der Waals surface area (Å²) in [6.07, 6.45) is 0. The number of carbonyl (C=O) groups is 1. The average molecular weight is 302 g/mol. The molecule has 0 aliphatic carbocycles. The van der Waals surface area contributed by atoms with Crippen molar-refractivity contribution in [3.8, 4) is 5.75 Å². The van der Waals surface area contributed by atoms with E-state index in [-0.39, 0.29) is 5.01 Å². The van der Waals surface area contributed by atoms with E-state index in [9.17, 15) is 4.79 Å². The lowest BCUT2D eigenvalue weighted by Gasteiger charge is -1.97. The van der Waals surface area contributed by atoms with Gasteiger partial charge in [0.2, 0.25) is 5.01 Å². The van der Waals surface area contributed by atoms with E-state index in [1.165, 1.54) is 11.3 Å². The molecule has 0 saturated heterocycles. The quantitative estimate of drug-likeness (QED) is 0.710. The van der Waals surface area contributed by atoms with Gasteiger partial charge in [-0.3, -0.25) is 0 Å². The highest BCUT2D eigenvalue weighted by atomic mass is 32.1. The molecule has 0 unspecified atom stereocenters. The highest BCUT2D eigenvalue weighted by Gasteiger charge is 2.08. The number of ether oxygens (including phenoxy) is 1. The Bertz CT molecular complexity index is 705. The third kappa shape index (κ3) is 3.93. The van der Waals surface area contributed by atoms with Crippen molar-refractivity contribution in [3.63, 3.8) is 0 Å². The first-order valence-corrected chi connectivity index (χ1v) is 6.90. The predicted octanol–water partition coefficient (Wildman–Crippen LogP) is 3.27. The monoisotopic (exact) mass is 302 g/mol. The van der Waals surface area contributed by atoms with Crippen molar-refractivity contribution in [2.45, 2.75) is 0 Å². The van der Waals surface area contributed by atoms with Gasteiger partial charge in [0, 0.05) is 5.69 Å². The first-order chi connectivity index (χ1) is 10.1. The Balaban J connectivity index is 0.000000161. The molecule has 3 N–H and O–H groups in total. The van der Waals surface area contributed by atoms with Gasteiger partial charge in [0.1, 0.15) is 5.75 Å². The number of nitrogens with two attached hydrogens (primary N) is 1. The van der Waals surface area contributed by atoms with Crippen molar-refractivity contribution >= 4 is 33.2 Å². The first-order valence-electron chi connectivity index (χ1n) is 6.08. The highest BCUT2D eigenvalue weighted by Crippen LogP contribution is 2.20. The van der Waals surface area contributed by atoms with Gasteiger partial charge in [-0.15, -0.1) is 11.3 Å². The molecule has 0 aliphatic rings. The third-order valence-electron chi connectivity index (χ3n) is 2.59. The Morgan fingerprint density at radius 1 is 1.19 bits per heavy atom. The number of para-hydroxylation sites is 1. The molecule has 1 heterocycles. The molecule has 2 aromatic carbocycles. The summed E-state index contributed by atoms with van der Waals surface area (Å²) >= 11 is 1.19. The zero-order valence-corrected chi connectivity index (χ0v) is 12.1. The molecule has 1 aromatic heterocycles. The van der Waals surface area contributed by atoms with Crippen LogP contribution in [0.3, 0.4) is 0 Å². The number of carboxylic acids is 1. The van der Waals surface area contributed by atoms with Crippen molar-refractivity contribution in [3.05, 3.63) is 53.5 Å². The Hall–Kier alpha value is -2.60. The summed E-state index contributed by atoms with van der Waals surface area (Å²) in [5.41, 5.74) is 6.94. The minimum absolute atomic E-state index is 0.149. The number of rotatable bonds is 2. The number of methoxy groups -OCH3 is 1. The number of hydrogen-bond acceptors (Lipinski definition) is 5. The van der Waals surface area contributed by atoms with E-state index in [1.807, 2.05) is 30.3 Å². The van der Waals surface area contributed by atoms with Crippen LogP contribution in [0.5, 0.6) is 5.75 Å². The number of fused-ring (bicyclic) bond motifs is 1. The molecule has 108 valence electrons. The predicted molar refractivity (Wildman–Crippen MR) is 84.0 cm³/mol. The van der Waals surface area contributed by atoms with E-state index in [0.717, 1.165) is 21.7 Å². The number of aromatic nitrogens is 1. The number of nitrogen functional groups attached to an aromatic ring is 1. The molecule has 0 amide bonds. The summed E-state index contributed by atoms with van der Waals surface area (Å²) in [7, 11) is 1.63. The fourth-order valence-electron chi connectivity index (χ4n) is 1.57. The Morgan fingerprint density at radius 3 is 2.43 bits per heavy atom. The number of hydrogen-bond donors (Lipinski definition) is 2. The molecule has 0 aliphatic heterocycles. The zero-order valence-electron chi connectivity index (χ0n) is 11.3. The summed E-state index contributed by atoms with van der Waals surface area (Å²) in [4.78, 5) is 14.4. The lowest BCUT2D eigenvalue weighted by Crippen LogP contribution is -1.93. The van der Waals surface area contributed by atoms with Crippen LogP contribution in [0.25, 0.3) is 10.2 Å². The minimum Gasteiger partial charge on any atom is -0.497 e. The zero-order chi connectivity index (χ0) is 15.2. The topological polar surface area (TPSA) is 85.4 Å². The van der Waals surface area contributed by atoms with Crippen molar-refractivity contribution in [2.24, 2.45) is 0 Å². The third-order valence-corrected chi connectivity index (χ3v) is 3.62. The second kappa shape index (κ2) is 6.71. The number of carboxylic acid groups (broad SMARTS) is 1. The van der Waals surface area contributed by atoms with Crippen molar-refractivity contribution < 1.29 is 14.6 Å². The molecule has 0 bridgehead atoms. The first kappa shape index (κ1) is 14.8. The van der Waals surface area contributed by atoms with Crippen LogP contribution in [0.2, 0.25) is 0 Å². The second-order valence-electron chi connectivity index (χ2n) is 4.07. The summed E-state index contributed by atoms with van der Waals surface area (Å²) in [5.74, 6) is -0.125. The Kier molecular flexibility index (Phi) is 4.73. The van der Waals surface area contributed by atoms with Crippen LogP contribution >= 0.6 is 11.3 Å². The van der Waals surface area contributed by atoms with Gasteiger partial charge in [-0.05, 0) is 36.4 Å². The summed E-state index contributed by atoms with van der Waals surface area (Å²) in [6, 6.07) is 14.6. The summed E-state index contributed by atoms with van der Waals surface area (Å²) < 4.78 is 5.83. The van der Waals surface area contributed by atoms with E-state index in [4.69, 9.17) is 15.6 Å². The molecule has 6 heteroatoms. The lowest BCUT2D eigenvalue weighted by molar-refractivity contribution is 0.0696. The van der Waals surface area contributed by atoms with Gasteiger partial charge in [-0.2, -0.15) is 0 Å². The van der Waals surface area contributed by atoms with E-state index < -0.39 is 5.97 Å². The standard InChI is InChI=1S/C8H5NO2S.C7H9NO/c10-8(11)7-9-5-3-1-2-4-6(5)12-7;1-9-7-4-2-6(8)3-5-7/h1-4H,(H,10,11);2-5H,8H2,1H3. The lowest BCUT2D eigenvalue weighted by atomic mass is 10.3. The van der Waals surface area contributed by atoms with Crippen molar-refractivity contribution in [2.75, 3.05) is 12.8 Å². The van der Waals surface area contributed by atoms with Crippen LogP contribution in [-0.4, -0.2) is 23.2 Å². The van der Waals surface area contributed by atoms with Crippen LogP contribution < -0.4 is 10.5 Å². The fourth-order valence-corrected chi connectivity index (χ4v) is 2.37. The van der Waals surface area contributed by atoms with Crippen LogP contribution in [-0.2, 0) is 0 Å². The molecule has 3 aromatic rings. The highest BCUT2D eigenvalue weighted by molar-refractivity contribution is 7.20. The molecule has 0 atom stereocenters. The molecule has 5 nitrogen and oxygen atoms in total. The van der Waals surface area contributed by atoms with Crippen molar-refractivity contribution in [1.82, 2.24) is 4.98 Å². The van der Waals surface area contributed by atoms with E-state index in [2.05, 4.69) is 4.98 Å². The fraction of sp³-hybridized carbons (Fsp3) is 0.0667. The molecule has 0 saturated carbocycles. The van der Waals surface area contributed by atoms with Gasteiger partial charge in [-0.25, -0.2) is 9.78 Å². The SMILES string of the molecule is COc1ccc(N)cc1.O=C(O)c1nc2ccccc2s1. The van der Waals surface area contributed by atoms with Crippen LogP contribution in [0.15, 0.2) is 48.5 Å². The molecular formula is C15H14N2O3S. The number of anilines is 1. The number of aromatic carboxylic acids is 1. The molecule has 0 radical (unpaired) electrons. The van der Waals surface area contributed by atoms with E-state index in [0.29, 0.717) is 0 Å². The maximum atomic E-state index is 10.5. The van der Waals surface area contributed by atoms with E-state index >= 15 is 0 Å².